The Hall–Kier alpha value is -0.790. The highest BCUT2D eigenvalue weighted by Gasteiger charge is 2.02. The van der Waals surface area contributed by atoms with Gasteiger partial charge in [-0.15, -0.1) is 0 Å². The largest absolute Gasteiger partial charge is 0.382 e. The monoisotopic (exact) mass is 110 g/mol. The highest BCUT2D eigenvalue weighted by molar-refractivity contribution is 5.88. The molecule has 8 heavy (non-hydrogen) atoms. The molecule has 2 heteroatoms. The molecule has 0 saturated heterocycles. The molecule has 44 valence electrons. The van der Waals surface area contributed by atoms with E-state index in [1.54, 1.807) is 6.20 Å². The molecule has 0 spiro atoms. The summed E-state index contributed by atoms with van der Waals surface area (Å²) in [6, 6.07) is 0.417. The summed E-state index contributed by atoms with van der Waals surface area (Å²) in [6.45, 7) is 4.10. The van der Waals surface area contributed by atoms with Gasteiger partial charge in [0.25, 0.3) is 0 Å². The highest BCUT2D eigenvalue weighted by Crippen LogP contribution is 1.93. The van der Waals surface area contributed by atoms with Crippen LogP contribution in [-0.4, -0.2) is 11.8 Å². The minimum atomic E-state index is 0.417. The number of nitrogens with one attached hydrogen (secondary N) is 1. The second-order valence-electron chi connectivity index (χ2n) is 1.97. The lowest BCUT2D eigenvalue weighted by Gasteiger charge is -2.13. The zero-order chi connectivity index (χ0) is 5.98. The Balaban J connectivity index is 2.66. The van der Waals surface area contributed by atoms with Crippen molar-refractivity contribution in [1.82, 2.24) is 5.32 Å². The van der Waals surface area contributed by atoms with Crippen molar-refractivity contribution >= 4 is 5.71 Å². The predicted molar refractivity (Wildman–Crippen MR) is 34.8 cm³/mol. The Kier molecular flexibility index (Phi) is 1.33. The first kappa shape index (κ1) is 5.35. The van der Waals surface area contributed by atoms with Gasteiger partial charge in [0.1, 0.15) is 0 Å². The van der Waals surface area contributed by atoms with Gasteiger partial charge in [-0.25, -0.2) is 0 Å². The molecular formula is C6H10N2. The van der Waals surface area contributed by atoms with Crippen LogP contribution in [0, 0.1) is 0 Å². The normalized spacial score (nSPS) is 26.8. The molecule has 0 aromatic rings. The number of rotatable bonds is 0. The summed E-state index contributed by atoms with van der Waals surface area (Å²) < 4.78 is 0. The van der Waals surface area contributed by atoms with Gasteiger partial charge >= 0.3 is 0 Å². The van der Waals surface area contributed by atoms with Crippen molar-refractivity contribution in [3.8, 4) is 0 Å². The molecular weight excluding hydrogens is 100 g/mol. The molecule has 1 heterocycles. The molecule has 1 aliphatic heterocycles. The third kappa shape index (κ3) is 0.886. The lowest BCUT2D eigenvalue weighted by Crippen LogP contribution is -2.29. The molecule has 1 N–H and O–H groups in total. The van der Waals surface area contributed by atoms with E-state index in [2.05, 4.69) is 17.2 Å². The molecule has 0 fully saturated rings. The molecule has 0 radical (unpaired) electrons. The number of hydrogen-bond donors (Lipinski definition) is 1. The van der Waals surface area contributed by atoms with Crippen molar-refractivity contribution in [2.24, 2.45) is 4.99 Å². The van der Waals surface area contributed by atoms with Crippen LogP contribution in [-0.2, 0) is 0 Å². The first-order valence-corrected chi connectivity index (χ1v) is 2.76. The van der Waals surface area contributed by atoms with Crippen molar-refractivity contribution in [2.75, 3.05) is 0 Å². The number of aliphatic imine (C=N–C) groups is 1. The smallest absolute Gasteiger partial charge is 0.0610 e. The molecule has 1 atom stereocenters. The highest BCUT2D eigenvalue weighted by atomic mass is 15.0. The number of nitrogens with zero attached hydrogens (tertiary/aromatic N) is 1. The fourth-order valence-corrected chi connectivity index (χ4v) is 0.575. The topological polar surface area (TPSA) is 24.4 Å². The fraction of sp³-hybridized carbons (Fsp3) is 0.500. The van der Waals surface area contributed by atoms with Gasteiger partial charge in [0.2, 0.25) is 0 Å². The van der Waals surface area contributed by atoms with Crippen molar-refractivity contribution in [3.05, 3.63) is 12.4 Å². The molecule has 0 amide bonds. The van der Waals surface area contributed by atoms with Crippen molar-refractivity contribution < 1.29 is 0 Å². The predicted octanol–water partition coefficient (Wildman–Crippen LogP) is 0.910. The molecule has 1 rings (SSSR count). The van der Waals surface area contributed by atoms with Crippen LogP contribution >= 0.6 is 0 Å². The lowest BCUT2D eigenvalue weighted by molar-refractivity contribution is 0.787. The standard InChI is InChI=1S/C6H10N2/c1-5-6(2)8-4-3-7-5/h3-5,7H,1-2H3/t5-/m0/s1. The maximum Gasteiger partial charge on any atom is 0.0610 e. The molecule has 0 aromatic carbocycles. The van der Waals surface area contributed by atoms with E-state index in [0.29, 0.717) is 6.04 Å². The van der Waals surface area contributed by atoms with Crippen LogP contribution < -0.4 is 5.32 Å². The minimum Gasteiger partial charge on any atom is -0.382 e. The summed E-state index contributed by atoms with van der Waals surface area (Å²) in [7, 11) is 0. The Labute approximate surface area is 49.3 Å². The molecule has 0 bridgehead atoms. The van der Waals surface area contributed by atoms with Crippen LogP contribution in [0.15, 0.2) is 17.4 Å². The van der Waals surface area contributed by atoms with Gasteiger partial charge in [0, 0.05) is 18.1 Å². The van der Waals surface area contributed by atoms with E-state index in [1.807, 2.05) is 13.1 Å². The van der Waals surface area contributed by atoms with E-state index in [0.717, 1.165) is 5.71 Å². The summed E-state index contributed by atoms with van der Waals surface area (Å²) in [6.07, 6.45) is 3.63. The Morgan fingerprint density at radius 3 is 2.88 bits per heavy atom. The van der Waals surface area contributed by atoms with E-state index in [4.69, 9.17) is 0 Å². The first-order valence-electron chi connectivity index (χ1n) is 2.76. The summed E-state index contributed by atoms with van der Waals surface area (Å²) in [4.78, 5) is 4.08. The van der Waals surface area contributed by atoms with Crippen molar-refractivity contribution in [1.29, 1.82) is 0 Å². The second kappa shape index (κ2) is 1.99. The SMILES string of the molecule is CC1=NC=CN[C@H]1C. The first-order chi connectivity index (χ1) is 3.80. The molecule has 0 saturated carbocycles. The third-order valence-corrected chi connectivity index (χ3v) is 1.33. The summed E-state index contributed by atoms with van der Waals surface area (Å²) in [5, 5.41) is 3.12. The van der Waals surface area contributed by atoms with E-state index in [-0.39, 0.29) is 0 Å². The van der Waals surface area contributed by atoms with Crippen LogP contribution in [0.1, 0.15) is 13.8 Å². The van der Waals surface area contributed by atoms with E-state index in [1.165, 1.54) is 0 Å². The Morgan fingerprint density at radius 2 is 2.50 bits per heavy atom. The van der Waals surface area contributed by atoms with Crippen molar-refractivity contribution in [3.63, 3.8) is 0 Å². The summed E-state index contributed by atoms with van der Waals surface area (Å²) in [5.74, 6) is 0. The van der Waals surface area contributed by atoms with Gasteiger partial charge in [-0.2, -0.15) is 0 Å². The quantitative estimate of drug-likeness (QED) is 0.492. The van der Waals surface area contributed by atoms with E-state index in [9.17, 15) is 0 Å². The molecule has 1 aliphatic rings. The van der Waals surface area contributed by atoms with Crippen molar-refractivity contribution in [2.45, 2.75) is 19.9 Å². The second-order valence-corrected chi connectivity index (χ2v) is 1.97. The van der Waals surface area contributed by atoms with Gasteiger partial charge in [-0.05, 0) is 13.8 Å². The minimum absolute atomic E-state index is 0.417. The molecule has 0 aliphatic carbocycles. The Morgan fingerprint density at radius 1 is 1.75 bits per heavy atom. The van der Waals surface area contributed by atoms with Crippen LogP contribution in [0.4, 0.5) is 0 Å². The molecule has 0 unspecified atom stereocenters. The maximum absolute atomic E-state index is 4.08. The van der Waals surface area contributed by atoms with Gasteiger partial charge in [-0.1, -0.05) is 0 Å². The zero-order valence-electron chi connectivity index (χ0n) is 5.18. The van der Waals surface area contributed by atoms with Gasteiger partial charge in [0.05, 0.1) is 6.04 Å². The average molecular weight is 110 g/mol. The van der Waals surface area contributed by atoms with Crippen LogP contribution in [0.2, 0.25) is 0 Å². The van der Waals surface area contributed by atoms with Crippen LogP contribution in [0.25, 0.3) is 0 Å². The molecule has 2 nitrogen and oxygen atoms in total. The summed E-state index contributed by atoms with van der Waals surface area (Å²) >= 11 is 0. The van der Waals surface area contributed by atoms with E-state index < -0.39 is 0 Å². The van der Waals surface area contributed by atoms with Gasteiger partial charge in [-0.3, -0.25) is 4.99 Å². The van der Waals surface area contributed by atoms with Crippen LogP contribution in [0.5, 0.6) is 0 Å². The average Bonchev–Trinajstić information content (AvgIpc) is 1.77. The molecule has 0 aromatic heterocycles. The lowest BCUT2D eigenvalue weighted by atomic mass is 10.2. The van der Waals surface area contributed by atoms with E-state index >= 15 is 0 Å². The van der Waals surface area contributed by atoms with Gasteiger partial charge in [0.15, 0.2) is 0 Å². The zero-order valence-corrected chi connectivity index (χ0v) is 5.18. The fourth-order valence-electron chi connectivity index (χ4n) is 0.575. The van der Waals surface area contributed by atoms with Gasteiger partial charge < -0.3 is 5.32 Å². The van der Waals surface area contributed by atoms with Crippen LogP contribution in [0.3, 0.4) is 0 Å². The third-order valence-electron chi connectivity index (χ3n) is 1.33. The summed E-state index contributed by atoms with van der Waals surface area (Å²) in [5.41, 5.74) is 1.15. The number of hydrogen-bond acceptors (Lipinski definition) is 2. The Bertz CT molecular complexity index is 135. The maximum atomic E-state index is 4.08.